The van der Waals surface area contributed by atoms with Crippen LogP contribution >= 0.6 is 11.6 Å². The quantitative estimate of drug-likeness (QED) is 0.648. The summed E-state index contributed by atoms with van der Waals surface area (Å²) < 4.78 is 49.9. The van der Waals surface area contributed by atoms with Crippen molar-refractivity contribution in [1.82, 2.24) is 5.32 Å². The van der Waals surface area contributed by atoms with Crippen LogP contribution in [0.5, 0.6) is 0 Å². The molecular weight excluding hydrogens is 302 g/mol. The van der Waals surface area contributed by atoms with Gasteiger partial charge in [-0.15, -0.1) is 11.6 Å². The fraction of sp³-hybridized carbons (Fsp3) is 0.333. The Morgan fingerprint density at radius 3 is 2.20 bits per heavy atom. The normalized spacial score (nSPS) is 13.1. The Kier molecular flexibility index (Phi) is 5.50. The standard InChI is InChI=1S/C12H10ClF4NO2/c13-6-8(19)9(7-4-2-1-3-5-7)18-11(20)12(16,17)10(14)15/h1-5,9-10H,6H2,(H,18,20). The van der Waals surface area contributed by atoms with Gasteiger partial charge >= 0.3 is 12.3 Å². The van der Waals surface area contributed by atoms with Crippen LogP contribution in [0.2, 0.25) is 0 Å². The lowest BCUT2D eigenvalue weighted by molar-refractivity contribution is -0.170. The minimum atomic E-state index is -4.88. The molecule has 1 rings (SSSR count). The molecular formula is C12H10ClF4NO2. The highest BCUT2D eigenvalue weighted by atomic mass is 35.5. The molecule has 0 fully saturated rings. The number of carbonyl (C=O) groups is 2. The molecule has 1 aromatic rings. The number of Topliss-reactive ketones (excluding diaryl/α,β-unsaturated/α-hetero) is 1. The number of amides is 1. The summed E-state index contributed by atoms with van der Waals surface area (Å²) in [4.78, 5) is 22.7. The summed E-state index contributed by atoms with van der Waals surface area (Å²) in [7, 11) is 0. The van der Waals surface area contributed by atoms with Gasteiger partial charge in [0.2, 0.25) is 0 Å². The number of hydrogen-bond acceptors (Lipinski definition) is 2. The number of ketones is 1. The topological polar surface area (TPSA) is 46.2 Å². The zero-order valence-corrected chi connectivity index (χ0v) is 10.7. The lowest BCUT2D eigenvalue weighted by Crippen LogP contribution is -2.48. The summed E-state index contributed by atoms with van der Waals surface area (Å²) in [5.41, 5.74) is 0.177. The van der Waals surface area contributed by atoms with E-state index < -0.39 is 36.0 Å². The third-order valence-electron chi connectivity index (χ3n) is 2.44. The van der Waals surface area contributed by atoms with Gasteiger partial charge in [0.05, 0.1) is 5.88 Å². The molecule has 1 amide bonds. The third-order valence-corrected chi connectivity index (χ3v) is 2.70. The summed E-state index contributed by atoms with van der Waals surface area (Å²) >= 11 is 5.32. The molecule has 0 bridgehead atoms. The van der Waals surface area contributed by atoms with Gasteiger partial charge in [-0.05, 0) is 5.56 Å². The average Bonchev–Trinajstić information content (AvgIpc) is 2.44. The van der Waals surface area contributed by atoms with E-state index in [-0.39, 0.29) is 5.56 Å². The number of rotatable bonds is 6. The predicted octanol–water partition coefficient (Wildman–Crippen LogP) is 2.55. The Hall–Kier alpha value is -1.63. The molecule has 0 spiro atoms. The van der Waals surface area contributed by atoms with Crippen LogP contribution in [0.1, 0.15) is 11.6 Å². The van der Waals surface area contributed by atoms with Gasteiger partial charge in [0.1, 0.15) is 6.04 Å². The maximum Gasteiger partial charge on any atom is 0.383 e. The Balaban J connectivity index is 2.98. The zero-order valence-electron chi connectivity index (χ0n) is 9.95. The van der Waals surface area contributed by atoms with Crippen molar-refractivity contribution in [2.45, 2.75) is 18.4 Å². The Morgan fingerprint density at radius 2 is 1.75 bits per heavy atom. The lowest BCUT2D eigenvalue weighted by Gasteiger charge is -2.21. The monoisotopic (exact) mass is 311 g/mol. The van der Waals surface area contributed by atoms with E-state index in [1.54, 1.807) is 11.4 Å². The molecule has 1 aromatic carbocycles. The summed E-state index contributed by atoms with van der Waals surface area (Å²) in [6, 6.07) is 5.88. The summed E-state index contributed by atoms with van der Waals surface area (Å²) in [6.45, 7) is 0. The highest BCUT2D eigenvalue weighted by Crippen LogP contribution is 2.25. The Labute approximate surface area is 116 Å². The maximum absolute atomic E-state index is 12.9. The largest absolute Gasteiger partial charge is 0.383 e. The number of hydrogen-bond donors (Lipinski definition) is 1. The first-order valence-electron chi connectivity index (χ1n) is 5.41. The molecule has 8 heteroatoms. The third kappa shape index (κ3) is 3.69. The number of benzene rings is 1. The molecule has 0 heterocycles. The first kappa shape index (κ1) is 16.4. The zero-order chi connectivity index (χ0) is 15.3. The van der Waals surface area contributed by atoms with Crippen LogP contribution in [0, 0.1) is 0 Å². The summed E-state index contributed by atoms with van der Waals surface area (Å²) in [6.07, 6.45) is -4.16. The van der Waals surface area contributed by atoms with Crippen LogP contribution in [-0.2, 0) is 9.59 Å². The predicted molar refractivity (Wildman–Crippen MR) is 64.0 cm³/mol. The molecule has 0 aliphatic rings. The van der Waals surface area contributed by atoms with Gasteiger partial charge < -0.3 is 5.32 Å². The highest BCUT2D eigenvalue weighted by molar-refractivity contribution is 6.28. The number of halogens is 5. The molecule has 0 saturated carbocycles. The van der Waals surface area contributed by atoms with Gasteiger partial charge in [-0.1, -0.05) is 30.3 Å². The van der Waals surface area contributed by atoms with Crippen LogP contribution in [0.3, 0.4) is 0 Å². The molecule has 3 nitrogen and oxygen atoms in total. The molecule has 0 aliphatic carbocycles. The summed E-state index contributed by atoms with van der Waals surface area (Å²) in [5, 5.41) is 1.60. The minimum Gasteiger partial charge on any atom is -0.337 e. The van der Waals surface area contributed by atoms with Crippen molar-refractivity contribution in [3.05, 3.63) is 35.9 Å². The summed E-state index contributed by atoms with van der Waals surface area (Å²) in [5.74, 6) is -8.43. The van der Waals surface area contributed by atoms with Crippen molar-refractivity contribution < 1.29 is 27.2 Å². The van der Waals surface area contributed by atoms with E-state index in [9.17, 15) is 27.2 Å². The Morgan fingerprint density at radius 1 is 1.20 bits per heavy atom. The lowest BCUT2D eigenvalue weighted by atomic mass is 10.0. The number of alkyl halides is 5. The SMILES string of the molecule is O=C(CCl)C(NC(=O)C(F)(F)C(F)F)c1ccccc1. The van der Waals surface area contributed by atoms with Crippen LogP contribution in [0.15, 0.2) is 30.3 Å². The van der Waals surface area contributed by atoms with Crippen molar-refractivity contribution in [1.29, 1.82) is 0 Å². The second-order valence-corrected chi connectivity index (χ2v) is 4.11. The molecule has 110 valence electrons. The van der Waals surface area contributed by atoms with Gasteiger partial charge in [0.25, 0.3) is 5.91 Å². The molecule has 1 N–H and O–H groups in total. The van der Waals surface area contributed by atoms with Crippen molar-refractivity contribution >= 4 is 23.3 Å². The van der Waals surface area contributed by atoms with Crippen LogP contribution < -0.4 is 5.32 Å². The number of carbonyl (C=O) groups excluding carboxylic acids is 2. The van der Waals surface area contributed by atoms with Crippen LogP contribution in [-0.4, -0.2) is 29.9 Å². The van der Waals surface area contributed by atoms with E-state index in [0.717, 1.165) is 0 Å². The average molecular weight is 312 g/mol. The van der Waals surface area contributed by atoms with Gasteiger partial charge in [-0.3, -0.25) is 9.59 Å². The maximum atomic E-state index is 12.9. The van der Waals surface area contributed by atoms with E-state index in [0.29, 0.717) is 0 Å². The van der Waals surface area contributed by atoms with Gasteiger partial charge in [-0.25, -0.2) is 8.78 Å². The fourth-order valence-electron chi connectivity index (χ4n) is 1.40. The smallest absolute Gasteiger partial charge is 0.337 e. The second kappa shape index (κ2) is 6.69. The van der Waals surface area contributed by atoms with Crippen LogP contribution in [0.25, 0.3) is 0 Å². The van der Waals surface area contributed by atoms with E-state index >= 15 is 0 Å². The van der Waals surface area contributed by atoms with E-state index in [1.165, 1.54) is 24.3 Å². The fourth-order valence-corrected chi connectivity index (χ4v) is 1.55. The molecule has 0 radical (unpaired) electrons. The molecule has 1 unspecified atom stereocenters. The van der Waals surface area contributed by atoms with Crippen LogP contribution in [0.4, 0.5) is 17.6 Å². The highest BCUT2D eigenvalue weighted by Gasteiger charge is 2.49. The number of nitrogens with one attached hydrogen (secondary N) is 1. The van der Waals surface area contributed by atoms with E-state index in [1.807, 2.05) is 0 Å². The molecule has 0 aliphatic heterocycles. The molecule has 20 heavy (non-hydrogen) atoms. The van der Waals surface area contributed by atoms with E-state index in [4.69, 9.17) is 11.6 Å². The van der Waals surface area contributed by atoms with Crippen molar-refractivity contribution in [3.63, 3.8) is 0 Å². The van der Waals surface area contributed by atoms with Gasteiger partial charge in [0, 0.05) is 0 Å². The van der Waals surface area contributed by atoms with Crippen molar-refractivity contribution in [2.75, 3.05) is 5.88 Å². The molecule has 1 atom stereocenters. The first-order valence-corrected chi connectivity index (χ1v) is 5.94. The first-order chi connectivity index (χ1) is 9.30. The van der Waals surface area contributed by atoms with Gasteiger partial charge in [-0.2, -0.15) is 8.78 Å². The van der Waals surface area contributed by atoms with Gasteiger partial charge in [0.15, 0.2) is 5.78 Å². The second-order valence-electron chi connectivity index (χ2n) is 3.84. The molecule has 0 saturated heterocycles. The van der Waals surface area contributed by atoms with Crippen molar-refractivity contribution in [2.24, 2.45) is 0 Å². The van der Waals surface area contributed by atoms with Crippen molar-refractivity contribution in [3.8, 4) is 0 Å². The van der Waals surface area contributed by atoms with E-state index in [2.05, 4.69) is 0 Å². The Bertz CT molecular complexity index is 482. The molecule has 0 aromatic heterocycles. The minimum absolute atomic E-state index is 0.177.